The van der Waals surface area contributed by atoms with Crippen LogP contribution in [0.5, 0.6) is 0 Å². The summed E-state index contributed by atoms with van der Waals surface area (Å²) in [7, 11) is 0. The molecule has 0 saturated carbocycles. The molecule has 2 nitrogen and oxygen atoms in total. The van der Waals surface area contributed by atoms with Gasteiger partial charge in [-0.15, -0.1) is 0 Å². The third kappa shape index (κ3) is 4.44. The van der Waals surface area contributed by atoms with Crippen LogP contribution in [0.25, 0.3) is 86.9 Å². The van der Waals surface area contributed by atoms with Crippen molar-refractivity contribution in [2.24, 2.45) is 0 Å². The fourth-order valence-corrected chi connectivity index (χ4v) is 8.31. The molecule has 0 atom stereocenters. The molecule has 0 N–H and O–H groups in total. The molecule has 11 rings (SSSR count). The number of hydrogen-bond acceptors (Lipinski definition) is 2. The Bertz CT molecular complexity index is 3210. The summed E-state index contributed by atoms with van der Waals surface area (Å²) < 4.78 is 6.41. The van der Waals surface area contributed by atoms with Gasteiger partial charge >= 0.3 is 0 Å². The molecule has 0 aliphatic carbocycles. The molecular weight excluding hydrogens is 631 g/mol. The summed E-state index contributed by atoms with van der Waals surface area (Å²) in [4.78, 5) is 2.45. The van der Waals surface area contributed by atoms with Crippen molar-refractivity contribution in [2.45, 2.75) is 0 Å². The summed E-state index contributed by atoms with van der Waals surface area (Å²) in [6.45, 7) is 0. The lowest BCUT2D eigenvalue weighted by atomic mass is 9.96. The molecule has 0 radical (unpaired) electrons. The third-order valence-corrected chi connectivity index (χ3v) is 10.8. The SMILES string of the molecule is c1ccc(N(c2ccc3c(ccc4ccccc43)c2)c2cccc3c2ccc2ccccc23)c(-c2ccc3oc4cc5ccccc5cc4c3c2)c1. The van der Waals surface area contributed by atoms with Gasteiger partial charge in [-0.1, -0.05) is 140 Å². The monoisotopic (exact) mass is 661 g/mol. The van der Waals surface area contributed by atoms with Gasteiger partial charge in [0.25, 0.3) is 0 Å². The molecule has 0 saturated heterocycles. The molecule has 10 aromatic carbocycles. The van der Waals surface area contributed by atoms with E-state index in [1.807, 2.05) is 0 Å². The molecule has 2 heteroatoms. The fraction of sp³-hybridized carbons (Fsp3) is 0. The smallest absolute Gasteiger partial charge is 0.136 e. The average Bonchev–Trinajstić information content (AvgIpc) is 3.56. The highest BCUT2D eigenvalue weighted by Crippen LogP contribution is 2.46. The lowest BCUT2D eigenvalue weighted by molar-refractivity contribution is 0.669. The largest absolute Gasteiger partial charge is 0.456 e. The van der Waals surface area contributed by atoms with Crippen LogP contribution in [0.1, 0.15) is 0 Å². The molecule has 11 aromatic rings. The number of furan rings is 1. The molecule has 0 amide bonds. The van der Waals surface area contributed by atoms with Gasteiger partial charge in [0.1, 0.15) is 11.2 Å². The zero-order chi connectivity index (χ0) is 34.2. The van der Waals surface area contributed by atoms with Crippen LogP contribution in [0.2, 0.25) is 0 Å². The highest BCUT2D eigenvalue weighted by Gasteiger charge is 2.21. The fourth-order valence-electron chi connectivity index (χ4n) is 8.31. The van der Waals surface area contributed by atoms with Gasteiger partial charge in [-0.05, 0) is 103 Å². The molecule has 0 fully saturated rings. The summed E-state index contributed by atoms with van der Waals surface area (Å²) in [5.74, 6) is 0. The van der Waals surface area contributed by atoms with Gasteiger partial charge in [-0.3, -0.25) is 0 Å². The molecule has 0 bridgehead atoms. The first-order valence-corrected chi connectivity index (χ1v) is 17.8. The Morgan fingerprint density at radius 1 is 0.308 bits per heavy atom. The van der Waals surface area contributed by atoms with Crippen LogP contribution in [0, 0.1) is 0 Å². The lowest BCUT2D eigenvalue weighted by Crippen LogP contribution is -2.11. The summed E-state index contributed by atoms with van der Waals surface area (Å²) >= 11 is 0. The van der Waals surface area contributed by atoms with Crippen molar-refractivity contribution in [3.8, 4) is 11.1 Å². The molecule has 1 heterocycles. The molecular formula is C50H31NO. The number of fused-ring (bicyclic) bond motifs is 10. The van der Waals surface area contributed by atoms with Crippen LogP contribution in [0.4, 0.5) is 17.1 Å². The van der Waals surface area contributed by atoms with Gasteiger partial charge in [0.2, 0.25) is 0 Å². The Hall–Kier alpha value is -6.90. The van der Waals surface area contributed by atoms with Crippen molar-refractivity contribution in [1.82, 2.24) is 0 Å². The zero-order valence-electron chi connectivity index (χ0n) is 28.3. The summed E-state index contributed by atoms with van der Waals surface area (Å²) in [6.07, 6.45) is 0. The van der Waals surface area contributed by atoms with Crippen LogP contribution in [-0.2, 0) is 0 Å². The van der Waals surface area contributed by atoms with Crippen molar-refractivity contribution in [1.29, 1.82) is 0 Å². The van der Waals surface area contributed by atoms with E-state index in [0.29, 0.717) is 0 Å². The Morgan fingerprint density at radius 2 is 0.904 bits per heavy atom. The number of anilines is 3. The highest BCUT2D eigenvalue weighted by molar-refractivity contribution is 6.15. The Kier molecular flexibility index (Phi) is 6.28. The van der Waals surface area contributed by atoms with Crippen molar-refractivity contribution >= 4 is 92.9 Å². The minimum atomic E-state index is 0.895. The van der Waals surface area contributed by atoms with Gasteiger partial charge in [-0.2, -0.15) is 0 Å². The van der Waals surface area contributed by atoms with Crippen molar-refractivity contribution in [3.05, 3.63) is 188 Å². The molecule has 242 valence electrons. The lowest BCUT2D eigenvalue weighted by Gasteiger charge is -2.29. The van der Waals surface area contributed by atoms with Crippen LogP contribution in [0.3, 0.4) is 0 Å². The van der Waals surface area contributed by atoms with E-state index in [1.165, 1.54) is 53.9 Å². The Labute approximate surface area is 300 Å². The van der Waals surface area contributed by atoms with Crippen molar-refractivity contribution in [2.75, 3.05) is 4.90 Å². The maximum absolute atomic E-state index is 6.41. The van der Waals surface area contributed by atoms with Crippen LogP contribution >= 0.6 is 0 Å². The van der Waals surface area contributed by atoms with Gasteiger partial charge in [0, 0.05) is 27.4 Å². The topological polar surface area (TPSA) is 16.4 Å². The van der Waals surface area contributed by atoms with E-state index in [-0.39, 0.29) is 0 Å². The minimum Gasteiger partial charge on any atom is -0.456 e. The first-order chi connectivity index (χ1) is 25.8. The van der Waals surface area contributed by atoms with E-state index in [4.69, 9.17) is 4.42 Å². The van der Waals surface area contributed by atoms with E-state index in [0.717, 1.165) is 50.1 Å². The summed E-state index contributed by atoms with van der Waals surface area (Å²) in [5, 5.41) is 14.6. The average molecular weight is 662 g/mol. The number of benzene rings is 10. The first-order valence-electron chi connectivity index (χ1n) is 17.8. The highest BCUT2D eigenvalue weighted by atomic mass is 16.3. The zero-order valence-corrected chi connectivity index (χ0v) is 28.3. The molecule has 0 aliphatic rings. The van der Waals surface area contributed by atoms with Gasteiger partial charge in [-0.25, -0.2) is 0 Å². The Balaban J connectivity index is 1.17. The van der Waals surface area contributed by atoms with Crippen LogP contribution in [0.15, 0.2) is 192 Å². The second kappa shape index (κ2) is 11.3. The van der Waals surface area contributed by atoms with Gasteiger partial charge in [0.15, 0.2) is 0 Å². The summed E-state index contributed by atoms with van der Waals surface area (Å²) in [6, 6.07) is 68.3. The minimum absolute atomic E-state index is 0.895. The molecule has 1 aromatic heterocycles. The summed E-state index contributed by atoms with van der Waals surface area (Å²) in [5.41, 5.74) is 7.45. The maximum Gasteiger partial charge on any atom is 0.136 e. The van der Waals surface area contributed by atoms with Crippen molar-refractivity contribution in [3.63, 3.8) is 0 Å². The standard InChI is InChI=1S/C50H31NO/c1-2-13-35-31-50-46(29-34(35)12-1)45-30-37(23-27-49(45)52-50)42-16-7-8-18-47(42)51(38-24-26-41-36(28-38)21-20-32-10-3-5-14-39(32)41)48-19-9-17-43-40-15-6-4-11-33(40)22-25-44(43)48/h1-31H. The predicted molar refractivity (Wildman–Crippen MR) is 221 cm³/mol. The Morgan fingerprint density at radius 3 is 1.75 bits per heavy atom. The second-order valence-electron chi connectivity index (χ2n) is 13.7. The predicted octanol–water partition coefficient (Wildman–Crippen LogP) is 14.5. The van der Waals surface area contributed by atoms with E-state index in [1.54, 1.807) is 0 Å². The molecule has 0 aliphatic heterocycles. The molecule has 0 spiro atoms. The quantitative estimate of drug-likeness (QED) is 0.175. The first kappa shape index (κ1) is 28.9. The molecule has 0 unspecified atom stereocenters. The van der Waals surface area contributed by atoms with E-state index >= 15 is 0 Å². The van der Waals surface area contributed by atoms with Gasteiger partial charge in [0.05, 0.1) is 11.4 Å². The van der Waals surface area contributed by atoms with Crippen LogP contribution in [-0.4, -0.2) is 0 Å². The maximum atomic E-state index is 6.41. The molecule has 52 heavy (non-hydrogen) atoms. The third-order valence-electron chi connectivity index (χ3n) is 10.8. The number of nitrogens with zero attached hydrogens (tertiary/aromatic N) is 1. The number of hydrogen-bond donors (Lipinski definition) is 0. The van der Waals surface area contributed by atoms with E-state index in [2.05, 4.69) is 193 Å². The van der Waals surface area contributed by atoms with Crippen LogP contribution < -0.4 is 4.90 Å². The van der Waals surface area contributed by atoms with Crippen molar-refractivity contribution < 1.29 is 4.42 Å². The number of rotatable bonds is 4. The van der Waals surface area contributed by atoms with E-state index < -0.39 is 0 Å². The second-order valence-corrected chi connectivity index (χ2v) is 13.7. The number of para-hydroxylation sites is 1. The normalized spacial score (nSPS) is 11.8. The van der Waals surface area contributed by atoms with Gasteiger partial charge < -0.3 is 9.32 Å². The van der Waals surface area contributed by atoms with E-state index in [9.17, 15) is 0 Å².